The van der Waals surface area contributed by atoms with E-state index in [0.29, 0.717) is 6.07 Å². The summed E-state index contributed by atoms with van der Waals surface area (Å²) in [4.78, 5) is 23.3. The standard InChI is InChI=1S/C18H17F2NO5S/c19-13-8-12(9-14(20)11-13)10-17(22)21-16(18(23)24)6-7-27(25,26)15-4-2-1-3-5-15/h1-5,8-9,11,16H,6-7,10H2,(H,21,22)(H,23,24)/t16-/m1/s1. The molecule has 0 saturated carbocycles. The van der Waals surface area contributed by atoms with Crippen LogP contribution in [-0.4, -0.2) is 37.2 Å². The Morgan fingerprint density at radius 2 is 1.63 bits per heavy atom. The fraction of sp³-hybridized carbons (Fsp3) is 0.222. The van der Waals surface area contributed by atoms with Crippen molar-refractivity contribution in [3.05, 3.63) is 65.7 Å². The summed E-state index contributed by atoms with van der Waals surface area (Å²) < 4.78 is 50.7. The Balaban J connectivity index is 2.01. The Kier molecular flexibility index (Phi) is 6.62. The number of hydrogen-bond acceptors (Lipinski definition) is 4. The van der Waals surface area contributed by atoms with Crippen molar-refractivity contribution in [2.75, 3.05) is 5.75 Å². The van der Waals surface area contributed by atoms with Gasteiger partial charge in [-0.05, 0) is 36.2 Å². The number of halogens is 2. The molecule has 9 heteroatoms. The van der Waals surface area contributed by atoms with Crippen molar-refractivity contribution in [2.24, 2.45) is 0 Å². The summed E-state index contributed by atoms with van der Waals surface area (Å²) in [5.41, 5.74) is 0.0334. The van der Waals surface area contributed by atoms with E-state index in [9.17, 15) is 31.9 Å². The number of carboxylic acid groups (broad SMARTS) is 1. The predicted octanol–water partition coefficient (Wildman–Crippen LogP) is 1.94. The lowest BCUT2D eigenvalue weighted by molar-refractivity contribution is -0.141. The molecule has 0 heterocycles. The third kappa shape index (κ3) is 6.14. The van der Waals surface area contributed by atoms with Gasteiger partial charge in [-0.2, -0.15) is 0 Å². The molecular weight excluding hydrogens is 380 g/mol. The number of sulfone groups is 1. The number of hydrogen-bond donors (Lipinski definition) is 2. The zero-order chi connectivity index (χ0) is 20.0. The van der Waals surface area contributed by atoms with Gasteiger partial charge in [-0.3, -0.25) is 4.79 Å². The number of amides is 1. The van der Waals surface area contributed by atoms with Crippen molar-refractivity contribution in [3.63, 3.8) is 0 Å². The first kappa shape index (κ1) is 20.5. The molecule has 1 amide bonds. The molecule has 6 nitrogen and oxygen atoms in total. The molecule has 0 fully saturated rings. The highest BCUT2D eigenvalue weighted by atomic mass is 32.2. The van der Waals surface area contributed by atoms with Crippen molar-refractivity contribution in [1.29, 1.82) is 0 Å². The third-order valence-electron chi connectivity index (χ3n) is 3.70. The van der Waals surface area contributed by atoms with Gasteiger partial charge in [0, 0.05) is 6.07 Å². The van der Waals surface area contributed by atoms with Crippen LogP contribution in [0.1, 0.15) is 12.0 Å². The average Bonchev–Trinajstić information content (AvgIpc) is 2.58. The van der Waals surface area contributed by atoms with Gasteiger partial charge in [0.05, 0.1) is 17.1 Å². The molecule has 1 atom stereocenters. The maximum atomic E-state index is 13.1. The van der Waals surface area contributed by atoms with E-state index in [4.69, 9.17) is 0 Å². The van der Waals surface area contributed by atoms with Gasteiger partial charge in [0.15, 0.2) is 9.84 Å². The second-order valence-corrected chi connectivity index (χ2v) is 7.94. The number of nitrogens with one attached hydrogen (secondary N) is 1. The van der Waals surface area contributed by atoms with Gasteiger partial charge in [0.25, 0.3) is 0 Å². The second kappa shape index (κ2) is 8.72. The molecule has 0 aromatic heterocycles. The maximum absolute atomic E-state index is 13.1. The molecule has 0 unspecified atom stereocenters. The zero-order valence-corrected chi connectivity index (χ0v) is 14.9. The maximum Gasteiger partial charge on any atom is 0.326 e. The Morgan fingerprint density at radius 1 is 1.04 bits per heavy atom. The molecule has 0 radical (unpaired) electrons. The normalized spacial score (nSPS) is 12.4. The van der Waals surface area contributed by atoms with E-state index < -0.39 is 51.6 Å². The molecule has 0 aliphatic carbocycles. The number of aliphatic carboxylic acids is 1. The summed E-state index contributed by atoms with van der Waals surface area (Å²) in [6.07, 6.45) is -0.792. The smallest absolute Gasteiger partial charge is 0.326 e. The lowest BCUT2D eigenvalue weighted by Gasteiger charge is -2.15. The van der Waals surface area contributed by atoms with Crippen molar-refractivity contribution < 1.29 is 31.9 Å². The van der Waals surface area contributed by atoms with E-state index in [2.05, 4.69) is 5.32 Å². The Labute approximate surface area is 154 Å². The number of carboxylic acids is 1. The molecular formula is C18H17F2NO5S. The minimum atomic E-state index is -3.71. The fourth-order valence-corrected chi connectivity index (χ4v) is 3.77. The quantitative estimate of drug-likeness (QED) is 0.709. The van der Waals surface area contributed by atoms with Crippen LogP contribution >= 0.6 is 0 Å². The molecule has 0 spiro atoms. The summed E-state index contributed by atoms with van der Waals surface area (Å²) in [6, 6.07) is 8.63. The van der Waals surface area contributed by atoms with E-state index in [-0.39, 0.29) is 16.9 Å². The number of carbonyl (C=O) groups excluding carboxylic acids is 1. The molecule has 144 valence electrons. The number of carbonyl (C=O) groups is 2. The van der Waals surface area contributed by atoms with Crippen LogP contribution in [0.5, 0.6) is 0 Å². The first-order chi connectivity index (χ1) is 12.7. The fourth-order valence-electron chi connectivity index (χ4n) is 2.42. The van der Waals surface area contributed by atoms with Gasteiger partial charge < -0.3 is 10.4 Å². The zero-order valence-electron chi connectivity index (χ0n) is 14.1. The topological polar surface area (TPSA) is 101 Å². The van der Waals surface area contributed by atoms with Gasteiger partial charge in [-0.15, -0.1) is 0 Å². The lowest BCUT2D eigenvalue weighted by Crippen LogP contribution is -2.42. The van der Waals surface area contributed by atoms with Crippen LogP contribution in [0.15, 0.2) is 53.4 Å². The first-order valence-corrected chi connectivity index (χ1v) is 9.57. The van der Waals surface area contributed by atoms with E-state index in [1.165, 1.54) is 12.1 Å². The highest BCUT2D eigenvalue weighted by Gasteiger charge is 2.24. The molecule has 0 bridgehead atoms. The summed E-state index contributed by atoms with van der Waals surface area (Å²) >= 11 is 0. The first-order valence-electron chi connectivity index (χ1n) is 7.92. The van der Waals surface area contributed by atoms with Gasteiger partial charge >= 0.3 is 5.97 Å². The highest BCUT2D eigenvalue weighted by molar-refractivity contribution is 7.91. The van der Waals surface area contributed by atoms with Crippen molar-refractivity contribution >= 4 is 21.7 Å². The Morgan fingerprint density at radius 3 is 2.19 bits per heavy atom. The molecule has 0 saturated heterocycles. The van der Waals surface area contributed by atoms with Gasteiger partial charge in [-0.25, -0.2) is 22.0 Å². The van der Waals surface area contributed by atoms with Crippen molar-refractivity contribution in [1.82, 2.24) is 5.32 Å². The van der Waals surface area contributed by atoms with Crippen LogP contribution in [0, 0.1) is 11.6 Å². The Bertz CT molecular complexity index is 912. The Hall–Kier alpha value is -2.81. The highest BCUT2D eigenvalue weighted by Crippen LogP contribution is 2.13. The van der Waals surface area contributed by atoms with Crippen LogP contribution in [0.4, 0.5) is 8.78 Å². The average molecular weight is 397 g/mol. The van der Waals surface area contributed by atoms with E-state index in [1.54, 1.807) is 18.2 Å². The monoisotopic (exact) mass is 397 g/mol. The number of rotatable bonds is 8. The van der Waals surface area contributed by atoms with Gasteiger partial charge in [-0.1, -0.05) is 18.2 Å². The molecule has 27 heavy (non-hydrogen) atoms. The largest absolute Gasteiger partial charge is 0.480 e. The predicted molar refractivity (Wildman–Crippen MR) is 92.7 cm³/mol. The van der Waals surface area contributed by atoms with Crippen LogP contribution in [0.2, 0.25) is 0 Å². The molecule has 2 N–H and O–H groups in total. The van der Waals surface area contributed by atoms with Crippen molar-refractivity contribution in [3.8, 4) is 0 Å². The van der Waals surface area contributed by atoms with Gasteiger partial charge in [0.1, 0.15) is 17.7 Å². The second-order valence-electron chi connectivity index (χ2n) is 5.83. The number of benzene rings is 2. The minimum absolute atomic E-state index is 0.0334. The molecule has 0 aliphatic heterocycles. The van der Waals surface area contributed by atoms with Crippen LogP contribution in [0.25, 0.3) is 0 Å². The van der Waals surface area contributed by atoms with E-state index in [1.807, 2.05) is 0 Å². The molecule has 2 aromatic carbocycles. The van der Waals surface area contributed by atoms with Gasteiger partial charge in [0.2, 0.25) is 5.91 Å². The summed E-state index contributed by atoms with van der Waals surface area (Å²) in [5, 5.41) is 11.4. The molecule has 0 aliphatic rings. The van der Waals surface area contributed by atoms with Crippen LogP contribution < -0.4 is 5.32 Å². The van der Waals surface area contributed by atoms with E-state index in [0.717, 1.165) is 12.1 Å². The molecule has 2 aromatic rings. The third-order valence-corrected chi connectivity index (χ3v) is 5.46. The summed E-state index contributed by atoms with van der Waals surface area (Å²) in [5.74, 6) is -4.40. The lowest BCUT2D eigenvalue weighted by atomic mass is 10.1. The van der Waals surface area contributed by atoms with E-state index >= 15 is 0 Å². The summed E-state index contributed by atoms with van der Waals surface area (Å²) in [6.45, 7) is 0. The van der Waals surface area contributed by atoms with Crippen LogP contribution in [0.3, 0.4) is 0 Å². The minimum Gasteiger partial charge on any atom is -0.480 e. The summed E-state index contributed by atoms with van der Waals surface area (Å²) in [7, 11) is -3.71. The SMILES string of the molecule is O=C(Cc1cc(F)cc(F)c1)N[C@H](CCS(=O)(=O)c1ccccc1)C(=O)O. The van der Waals surface area contributed by atoms with Crippen molar-refractivity contribution in [2.45, 2.75) is 23.8 Å². The van der Waals surface area contributed by atoms with Crippen LogP contribution in [-0.2, 0) is 25.8 Å². The molecule has 2 rings (SSSR count).